The van der Waals surface area contributed by atoms with Crippen LogP contribution in [0.1, 0.15) is 41.0 Å². The van der Waals surface area contributed by atoms with Gasteiger partial charge < -0.3 is 33.2 Å². The zero-order valence-electron chi connectivity index (χ0n) is 18.1. The number of rotatable bonds is 10. The first-order chi connectivity index (χ1) is 14.5. The summed E-state index contributed by atoms with van der Waals surface area (Å²) in [5.41, 5.74) is 0. The summed E-state index contributed by atoms with van der Waals surface area (Å²) in [5, 5.41) is 0. The number of carbonyl (C=O) groups excluding carboxylic acids is 5. The van der Waals surface area contributed by atoms with Gasteiger partial charge in [-0.25, -0.2) is 0 Å². The second-order valence-electron chi connectivity index (χ2n) is 6.63. The van der Waals surface area contributed by atoms with Gasteiger partial charge in [0.2, 0.25) is 0 Å². The van der Waals surface area contributed by atoms with Crippen LogP contribution in [-0.2, 0) is 57.1 Å². The maximum absolute atomic E-state index is 11.7. The highest BCUT2D eigenvalue weighted by atomic mass is 16.7. The molecule has 1 heterocycles. The molecular formula is C19H28O12. The predicted molar refractivity (Wildman–Crippen MR) is 99.2 cm³/mol. The summed E-state index contributed by atoms with van der Waals surface area (Å²) in [7, 11) is 0. The van der Waals surface area contributed by atoms with Crippen LogP contribution in [0.3, 0.4) is 0 Å². The standard InChI is InChI=1S/C19H28O12/c1-10(20)25-7-6-8-26-19-18(30-14(5)24)17(29-13(4)23)16(28-12(3)22)15(31-19)9-27-11(2)21/h15-19H,6-9H2,1-5H3/t15-,16-,17+,18+,19+/m1/s1. The predicted octanol–water partition coefficient (Wildman–Crippen LogP) is 0.0393. The first-order valence-corrected chi connectivity index (χ1v) is 9.56. The molecule has 0 aromatic heterocycles. The van der Waals surface area contributed by atoms with Crippen LogP contribution in [0.5, 0.6) is 0 Å². The minimum atomic E-state index is -1.29. The van der Waals surface area contributed by atoms with Gasteiger partial charge in [0, 0.05) is 41.0 Å². The Kier molecular flexibility index (Phi) is 10.9. The van der Waals surface area contributed by atoms with Crippen molar-refractivity contribution in [3.63, 3.8) is 0 Å². The average molecular weight is 448 g/mol. The number of hydrogen-bond donors (Lipinski definition) is 0. The Labute approximate surface area is 179 Å². The van der Waals surface area contributed by atoms with Crippen LogP contribution in [0.4, 0.5) is 0 Å². The van der Waals surface area contributed by atoms with Crippen molar-refractivity contribution in [2.75, 3.05) is 19.8 Å². The Balaban J connectivity index is 3.11. The summed E-state index contributed by atoms with van der Waals surface area (Å²) in [5.74, 6) is -3.25. The topological polar surface area (TPSA) is 150 Å². The van der Waals surface area contributed by atoms with E-state index in [9.17, 15) is 24.0 Å². The van der Waals surface area contributed by atoms with E-state index in [0.717, 1.165) is 20.8 Å². The zero-order valence-corrected chi connectivity index (χ0v) is 18.1. The molecule has 0 bridgehead atoms. The van der Waals surface area contributed by atoms with Gasteiger partial charge >= 0.3 is 29.8 Å². The summed E-state index contributed by atoms with van der Waals surface area (Å²) in [6.07, 6.45) is -5.86. The maximum Gasteiger partial charge on any atom is 0.303 e. The molecule has 1 rings (SSSR count). The Hall–Kier alpha value is -2.73. The minimum absolute atomic E-state index is 0.0288. The lowest BCUT2D eigenvalue weighted by Gasteiger charge is -2.44. The Morgan fingerprint density at radius 3 is 1.68 bits per heavy atom. The minimum Gasteiger partial charge on any atom is -0.466 e. The first kappa shape index (κ1) is 26.3. The van der Waals surface area contributed by atoms with E-state index in [-0.39, 0.29) is 19.8 Å². The molecular weight excluding hydrogens is 420 g/mol. The van der Waals surface area contributed by atoms with Crippen LogP contribution in [0.25, 0.3) is 0 Å². The fourth-order valence-electron chi connectivity index (χ4n) is 2.80. The van der Waals surface area contributed by atoms with Gasteiger partial charge in [-0.15, -0.1) is 0 Å². The number of carbonyl (C=O) groups is 5. The summed E-state index contributed by atoms with van der Waals surface area (Å²) < 4.78 is 36.9. The van der Waals surface area contributed by atoms with Gasteiger partial charge in [0.1, 0.15) is 12.7 Å². The molecule has 0 N–H and O–H groups in total. The molecule has 0 amide bonds. The summed E-state index contributed by atoms with van der Waals surface area (Å²) in [4.78, 5) is 57.1. The van der Waals surface area contributed by atoms with Gasteiger partial charge in [-0.1, -0.05) is 0 Å². The molecule has 0 saturated carbocycles. The van der Waals surface area contributed by atoms with Gasteiger partial charge in [-0.2, -0.15) is 0 Å². The summed E-state index contributed by atoms with van der Waals surface area (Å²) in [6.45, 7) is 5.60. The molecule has 0 spiro atoms. The lowest BCUT2D eigenvalue weighted by atomic mass is 9.98. The average Bonchev–Trinajstić information content (AvgIpc) is 2.62. The molecule has 1 fully saturated rings. The van der Waals surface area contributed by atoms with Crippen LogP contribution >= 0.6 is 0 Å². The van der Waals surface area contributed by atoms with E-state index in [1.807, 2.05) is 0 Å². The SMILES string of the molecule is CC(=O)OCCCO[C@H]1O[C@H](COC(C)=O)[C@@H](OC(C)=O)[C@H](OC(C)=O)[C@@H]1OC(C)=O. The van der Waals surface area contributed by atoms with Crippen molar-refractivity contribution in [2.45, 2.75) is 71.7 Å². The molecule has 0 aliphatic carbocycles. The molecule has 0 aromatic carbocycles. The number of esters is 5. The number of ether oxygens (including phenoxy) is 7. The molecule has 0 radical (unpaired) electrons. The van der Waals surface area contributed by atoms with Crippen molar-refractivity contribution >= 4 is 29.8 Å². The number of hydrogen-bond acceptors (Lipinski definition) is 12. The van der Waals surface area contributed by atoms with Crippen molar-refractivity contribution in [3.8, 4) is 0 Å². The van der Waals surface area contributed by atoms with E-state index in [2.05, 4.69) is 0 Å². The Bertz CT molecular complexity index is 660. The van der Waals surface area contributed by atoms with E-state index in [1.165, 1.54) is 13.8 Å². The van der Waals surface area contributed by atoms with Crippen LogP contribution in [0, 0.1) is 0 Å². The highest BCUT2D eigenvalue weighted by molar-refractivity contribution is 5.68. The van der Waals surface area contributed by atoms with Crippen molar-refractivity contribution < 1.29 is 57.1 Å². The molecule has 1 aliphatic rings. The van der Waals surface area contributed by atoms with Gasteiger partial charge in [-0.05, 0) is 0 Å². The maximum atomic E-state index is 11.7. The van der Waals surface area contributed by atoms with Gasteiger partial charge in [-0.3, -0.25) is 24.0 Å². The van der Waals surface area contributed by atoms with E-state index in [4.69, 9.17) is 33.2 Å². The van der Waals surface area contributed by atoms with Crippen LogP contribution in [-0.4, -0.2) is 80.4 Å². The summed E-state index contributed by atoms with van der Waals surface area (Å²) >= 11 is 0. The third-order valence-corrected chi connectivity index (χ3v) is 3.82. The van der Waals surface area contributed by atoms with E-state index in [0.29, 0.717) is 6.42 Å². The van der Waals surface area contributed by atoms with Crippen LogP contribution in [0.2, 0.25) is 0 Å². The van der Waals surface area contributed by atoms with Crippen molar-refractivity contribution in [1.29, 1.82) is 0 Å². The molecule has 5 atom stereocenters. The molecule has 0 aromatic rings. The molecule has 12 heteroatoms. The Morgan fingerprint density at radius 1 is 0.645 bits per heavy atom. The third-order valence-electron chi connectivity index (χ3n) is 3.82. The quantitative estimate of drug-likeness (QED) is 0.252. The van der Waals surface area contributed by atoms with Gasteiger partial charge in [0.25, 0.3) is 0 Å². The van der Waals surface area contributed by atoms with E-state index in [1.54, 1.807) is 0 Å². The highest BCUT2D eigenvalue weighted by Crippen LogP contribution is 2.30. The monoisotopic (exact) mass is 448 g/mol. The van der Waals surface area contributed by atoms with Gasteiger partial charge in [0.15, 0.2) is 24.6 Å². The van der Waals surface area contributed by atoms with Gasteiger partial charge in [0.05, 0.1) is 13.2 Å². The zero-order chi connectivity index (χ0) is 23.6. The molecule has 0 unspecified atom stereocenters. The van der Waals surface area contributed by atoms with Crippen molar-refractivity contribution in [1.82, 2.24) is 0 Å². The molecule has 176 valence electrons. The van der Waals surface area contributed by atoms with Crippen molar-refractivity contribution in [2.24, 2.45) is 0 Å². The van der Waals surface area contributed by atoms with Crippen LogP contribution < -0.4 is 0 Å². The molecule has 1 saturated heterocycles. The lowest BCUT2D eigenvalue weighted by Crippen LogP contribution is -2.63. The fraction of sp³-hybridized carbons (Fsp3) is 0.737. The van der Waals surface area contributed by atoms with Crippen molar-refractivity contribution in [3.05, 3.63) is 0 Å². The highest BCUT2D eigenvalue weighted by Gasteiger charge is 2.52. The smallest absolute Gasteiger partial charge is 0.303 e. The second-order valence-corrected chi connectivity index (χ2v) is 6.63. The molecule has 1 aliphatic heterocycles. The fourth-order valence-corrected chi connectivity index (χ4v) is 2.80. The molecule has 31 heavy (non-hydrogen) atoms. The summed E-state index contributed by atoms with van der Waals surface area (Å²) in [6, 6.07) is 0. The van der Waals surface area contributed by atoms with E-state index >= 15 is 0 Å². The lowest BCUT2D eigenvalue weighted by molar-refractivity contribution is -0.308. The second kappa shape index (κ2) is 12.8. The third kappa shape index (κ3) is 9.75. The molecule has 12 nitrogen and oxygen atoms in total. The van der Waals surface area contributed by atoms with Crippen LogP contribution in [0.15, 0.2) is 0 Å². The van der Waals surface area contributed by atoms with E-state index < -0.39 is 60.6 Å². The Morgan fingerprint density at radius 2 is 1.16 bits per heavy atom. The largest absolute Gasteiger partial charge is 0.466 e. The first-order valence-electron chi connectivity index (χ1n) is 9.56. The normalized spacial score (nSPS) is 25.1.